The number of carbonyl (C=O) groups is 2. The summed E-state index contributed by atoms with van der Waals surface area (Å²) in [7, 11) is 0. The van der Waals surface area contributed by atoms with Gasteiger partial charge in [-0.25, -0.2) is 0 Å². The number of pyridine rings is 1. The summed E-state index contributed by atoms with van der Waals surface area (Å²) >= 11 is 3.44. The fourth-order valence-corrected chi connectivity index (χ4v) is 3.64. The van der Waals surface area contributed by atoms with Crippen LogP contribution >= 0.6 is 15.9 Å². The molecular formula is C19H20BrN3O3. The molecule has 1 aliphatic heterocycles. The normalized spacial score (nSPS) is 18.1. The third-order valence-corrected chi connectivity index (χ3v) is 4.93. The van der Waals surface area contributed by atoms with E-state index >= 15 is 0 Å². The first-order chi connectivity index (χ1) is 12.5. The number of carbonyl (C=O) groups excluding carboxylic acids is 1. The molecule has 6 nitrogen and oxygen atoms in total. The number of carboxylic acid groups (broad SMARTS) is 1. The number of rotatable bonds is 6. The topological polar surface area (TPSA) is 73.7 Å². The summed E-state index contributed by atoms with van der Waals surface area (Å²) in [6.07, 6.45) is 3.24. The highest BCUT2D eigenvalue weighted by atomic mass is 79.9. The molecule has 1 unspecified atom stereocenters. The molecule has 0 aliphatic carbocycles. The second kappa shape index (κ2) is 8.42. The van der Waals surface area contributed by atoms with Crippen molar-refractivity contribution in [3.8, 4) is 0 Å². The van der Waals surface area contributed by atoms with Gasteiger partial charge in [-0.2, -0.15) is 0 Å². The first kappa shape index (κ1) is 18.5. The molecule has 2 aromatic rings. The average Bonchev–Trinajstić information content (AvgIpc) is 2.61. The van der Waals surface area contributed by atoms with Crippen LogP contribution < -0.4 is 0 Å². The number of aromatic nitrogens is 1. The van der Waals surface area contributed by atoms with Crippen LogP contribution in [0.1, 0.15) is 17.5 Å². The minimum atomic E-state index is -0.969. The van der Waals surface area contributed by atoms with Gasteiger partial charge in [-0.1, -0.05) is 34.1 Å². The van der Waals surface area contributed by atoms with Crippen molar-refractivity contribution in [2.75, 3.05) is 13.1 Å². The highest BCUT2D eigenvalue weighted by Gasteiger charge is 2.36. The van der Waals surface area contributed by atoms with Gasteiger partial charge in [0, 0.05) is 43.0 Å². The van der Waals surface area contributed by atoms with Gasteiger partial charge in [-0.15, -0.1) is 0 Å². The van der Waals surface area contributed by atoms with Crippen molar-refractivity contribution in [2.24, 2.45) is 0 Å². The second-order valence-corrected chi connectivity index (χ2v) is 7.25. The lowest BCUT2D eigenvalue weighted by atomic mass is 10.1. The van der Waals surface area contributed by atoms with Crippen LogP contribution in [0.25, 0.3) is 0 Å². The molecule has 0 bridgehead atoms. The molecule has 0 spiro atoms. The molecule has 26 heavy (non-hydrogen) atoms. The molecule has 136 valence electrons. The van der Waals surface area contributed by atoms with Crippen molar-refractivity contribution in [1.29, 1.82) is 0 Å². The van der Waals surface area contributed by atoms with Gasteiger partial charge >= 0.3 is 5.97 Å². The fourth-order valence-electron chi connectivity index (χ4n) is 3.19. The van der Waals surface area contributed by atoms with Crippen LogP contribution in [0.15, 0.2) is 53.3 Å². The Bertz CT molecular complexity index is 785. The fraction of sp³-hybridized carbons (Fsp3) is 0.316. The minimum Gasteiger partial charge on any atom is -0.481 e. The minimum absolute atomic E-state index is 0.137. The molecule has 1 N–H and O–H groups in total. The standard InChI is InChI=1S/C19H20BrN3O3/c20-16-5-1-3-14(9-16)12-23-8-7-22(13-15-4-2-6-21-11-15)17(19(23)26)10-18(24)25/h1-6,9,11,17H,7-8,10,12-13H2,(H,24,25). The zero-order valence-corrected chi connectivity index (χ0v) is 15.8. The number of hydrogen-bond donors (Lipinski definition) is 1. The van der Waals surface area contributed by atoms with E-state index in [-0.39, 0.29) is 12.3 Å². The zero-order chi connectivity index (χ0) is 18.5. The van der Waals surface area contributed by atoms with E-state index in [1.54, 1.807) is 17.3 Å². The van der Waals surface area contributed by atoms with Crippen LogP contribution in [-0.2, 0) is 22.7 Å². The van der Waals surface area contributed by atoms with Crippen molar-refractivity contribution in [3.05, 3.63) is 64.4 Å². The van der Waals surface area contributed by atoms with Gasteiger partial charge in [-0.05, 0) is 29.3 Å². The monoisotopic (exact) mass is 417 g/mol. The Morgan fingerprint density at radius 2 is 2.00 bits per heavy atom. The predicted octanol–water partition coefficient (Wildman–Crippen LogP) is 2.53. The maximum absolute atomic E-state index is 12.9. The van der Waals surface area contributed by atoms with E-state index in [0.29, 0.717) is 26.2 Å². The number of halogens is 1. The van der Waals surface area contributed by atoms with E-state index in [4.69, 9.17) is 0 Å². The van der Waals surface area contributed by atoms with Crippen LogP contribution in [0.4, 0.5) is 0 Å². The van der Waals surface area contributed by atoms with Crippen molar-refractivity contribution < 1.29 is 14.7 Å². The summed E-state index contributed by atoms with van der Waals surface area (Å²) < 4.78 is 0.958. The lowest BCUT2D eigenvalue weighted by Crippen LogP contribution is -2.56. The molecule has 7 heteroatoms. The van der Waals surface area contributed by atoms with E-state index < -0.39 is 12.0 Å². The quantitative estimate of drug-likeness (QED) is 0.781. The highest BCUT2D eigenvalue weighted by molar-refractivity contribution is 9.10. The Hall–Kier alpha value is -2.25. The summed E-state index contributed by atoms with van der Waals surface area (Å²) in [5, 5.41) is 9.26. The number of nitrogens with zero attached hydrogens (tertiary/aromatic N) is 3. The van der Waals surface area contributed by atoms with Gasteiger partial charge in [0.15, 0.2) is 0 Å². The number of benzene rings is 1. The van der Waals surface area contributed by atoms with Crippen LogP contribution in [0.3, 0.4) is 0 Å². The highest BCUT2D eigenvalue weighted by Crippen LogP contribution is 2.21. The molecule has 1 aliphatic rings. The Labute approximate surface area is 160 Å². The Morgan fingerprint density at radius 1 is 1.19 bits per heavy atom. The lowest BCUT2D eigenvalue weighted by molar-refractivity contribution is -0.150. The SMILES string of the molecule is O=C(O)CC1C(=O)N(Cc2cccc(Br)c2)CCN1Cc1cccnc1. The molecule has 1 fully saturated rings. The van der Waals surface area contributed by atoms with Crippen molar-refractivity contribution in [1.82, 2.24) is 14.8 Å². The first-order valence-electron chi connectivity index (χ1n) is 8.41. The van der Waals surface area contributed by atoms with Crippen LogP contribution in [0, 0.1) is 0 Å². The number of amides is 1. The molecule has 1 aromatic carbocycles. The zero-order valence-electron chi connectivity index (χ0n) is 14.2. The number of hydrogen-bond acceptors (Lipinski definition) is 4. The van der Waals surface area contributed by atoms with E-state index in [0.717, 1.165) is 15.6 Å². The van der Waals surface area contributed by atoms with Gasteiger partial charge in [0.25, 0.3) is 0 Å². The summed E-state index contributed by atoms with van der Waals surface area (Å²) in [4.78, 5) is 32.0. The third-order valence-electron chi connectivity index (χ3n) is 4.43. The van der Waals surface area contributed by atoms with Gasteiger partial charge in [-0.3, -0.25) is 19.5 Å². The summed E-state index contributed by atoms with van der Waals surface area (Å²) in [5.41, 5.74) is 1.98. The molecule has 2 heterocycles. The molecule has 1 atom stereocenters. The largest absolute Gasteiger partial charge is 0.481 e. The predicted molar refractivity (Wildman–Crippen MR) is 100 cm³/mol. The smallest absolute Gasteiger partial charge is 0.305 e. The molecule has 0 radical (unpaired) electrons. The molecule has 1 aromatic heterocycles. The van der Waals surface area contributed by atoms with E-state index in [1.165, 1.54) is 0 Å². The van der Waals surface area contributed by atoms with Gasteiger partial charge in [0.05, 0.1) is 6.42 Å². The van der Waals surface area contributed by atoms with Crippen LogP contribution in [-0.4, -0.2) is 50.9 Å². The van der Waals surface area contributed by atoms with Gasteiger partial charge in [0.2, 0.25) is 5.91 Å². The molecule has 3 rings (SSSR count). The molecular weight excluding hydrogens is 398 g/mol. The molecule has 1 amide bonds. The Morgan fingerprint density at radius 3 is 2.69 bits per heavy atom. The Balaban J connectivity index is 1.74. The van der Waals surface area contributed by atoms with Gasteiger partial charge < -0.3 is 10.0 Å². The lowest BCUT2D eigenvalue weighted by Gasteiger charge is -2.40. The van der Waals surface area contributed by atoms with Crippen molar-refractivity contribution >= 4 is 27.8 Å². The number of aliphatic carboxylic acids is 1. The van der Waals surface area contributed by atoms with E-state index in [2.05, 4.69) is 20.9 Å². The number of carboxylic acids is 1. The molecule has 1 saturated heterocycles. The average molecular weight is 418 g/mol. The third kappa shape index (κ3) is 4.68. The van der Waals surface area contributed by atoms with Crippen molar-refractivity contribution in [2.45, 2.75) is 25.6 Å². The van der Waals surface area contributed by atoms with Crippen molar-refractivity contribution in [3.63, 3.8) is 0 Å². The summed E-state index contributed by atoms with van der Waals surface area (Å²) in [6, 6.07) is 10.9. The van der Waals surface area contributed by atoms with Crippen LogP contribution in [0.5, 0.6) is 0 Å². The maximum atomic E-state index is 12.9. The Kier molecular flexibility index (Phi) is 6.00. The first-order valence-corrected chi connectivity index (χ1v) is 9.20. The second-order valence-electron chi connectivity index (χ2n) is 6.34. The number of piperazine rings is 1. The molecule has 0 saturated carbocycles. The van der Waals surface area contributed by atoms with Crippen LogP contribution in [0.2, 0.25) is 0 Å². The maximum Gasteiger partial charge on any atom is 0.305 e. The summed E-state index contributed by atoms with van der Waals surface area (Å²) in [6.45, 7) is 2.20. The van der Waals surface area contributed by atoms with Gasteiger partial charge in [0.1, 0.15) is 6.04 Å². The van der Waals surface area contributed by atoms with E-state index in [9.17, 15) is 14.7 Å². The van der Waals surface area contributed by atoms with E-state index in [1.807, 2.05) is 41.3 Å². The summed E-state index contributed by atoms with van der Waals surface area (Å²) in [5.74, 6) is -1.11.